The fourth-order valence-corrected chi connectivity index (χ4v) is 14.4. The van der Waals surface area contributed by atoms with Crippen molar-refractivity contribution in [3.8, 4) is 29.8 Å². The molecule has 6 heterocycles. The number of carbonyl (C=O) groups is 1. The van der Waals surface area contributed by atoms with E-state index >= 15 is 0 Å². The zero-order chi connectivity index (χ0) is 83.0. The third kappa shape index (κ3) is 28.5. The normalized spacial score (nSPS) is 14.8. The number of nitriles is 2. The number of aliphatic hydroxyl groups is 1. The van der Waals surface area contributed by atoms with E-state index < -0.39 is 47.1 Å². The predicted molar refractivity (Wildman–Crippen MR) is 444 cm³/mol. The van der Waals surface area contributed by atoms with Gasteiger partial charge < -0.3 is 40.2 Å². The Morgan fingerprint density at radius 2 is 0.974 bits per heavy atom. The van der Waals surface area contributed by atoms with Gasteiger partial charge >= 0.3 is 12.4 Å². The van der Waals surface area contributed by atoms with Crippen LogP contribution in [-0.4, -0.2) is 92.3 Å². The number of rotatable bonds is 20. The number of anilines is 2. The Morgan fingerprint density at radius 3 is 1.39 bits per heavy atom. The summed E-state index contributed by atoms with van der Waals surface area (Å²) in [5.41, 5.74) is 15.5. The van der Waals surface area contributed by atoms with Crippen molar-refractivity contribution in [3.05, 3.63) is 350 Å². The van der Waals surface area contributed by atoms with E-state index in [0.29, 0.717) is 73.9 Å². The highest BCUT2D eigenvalue weighted by atomic mass is 35.5. The molecule has 607 valence electrons. The van der Waals surface area contributed by atoms with Gasteiger partial charge in [0, 0.05) is 89.4 Å². The van der Waals surface area contributed by atoms with E-state index in [1.165, 1.54) is 60.1 Å². The summed E-state index contributed by atoms with van der Waals surface area (Å²) < 4.78 is 120. The second-order valence-corrected chi connectivity index (χ2v) is 31.3. The van der Waals surface area contributed by atoms with Crippen LogP contribution in [0, 0.1) is 47.8 Å². The standard InChI is InChI=1S/C24H22F3N3O2.C24H20F3N3O.C14H10FNO.C14H10FN.C10H14N2O.C6H15Si.ClH/c25-24(26,27)18-7-9-22(29-14-18)32-19-10-11-30(15-19)21-8-6-17(13-20(21)23(28)31)12-16-4-2-1-3-5-16;1-28-21-14-18(13-17-5-3-2-4-6-17)7-9-22(21)30-12-11-20(16-30)31-23-10-8-19(15-29-23)24(25,26)27;15-13-7-6-11(8-12(13)9-16)14(17)10-4-2-1-3-5-10;15-14-7-6-12(9-13(14)10-16)8-11-4-2-1-3-5-11;1-8-2-3-10(12-6-8)13-9-4-5-11-7-9;1-4-7(5-2)6-3;/h1-9,13-14,19H,10-12,15H2,(H2,28,31);2-10,14-15,20H,11-13,16H2;1-8,14,17H;1-7,9H,8H2;2-3,6,9,11H,4-5,7H2,1H3;4-6H2,1-3H3;1H/t19-;20-;;;9-;;/m00..0../s1. The molecule has 3 aliphatic heterocycles. The van der Waals surface area contributed by atoms with Crippen molar-refractivity contribution >= 4 is 44.2 Å². The Bertz CT molecular complexity index is 5020. The van der Waals surface area contributed by atoms with Crippen LogP contribution in [0.5, 0.6) is 17.6 Å². The number of hydrogen-bond acceptors (Lipinski definition) is 13. The van der Waals surface area contributed by atoms with Crippen LogP contribution in [0.4, 0.5) is 52.2 Å². The number of ether oxygens (including phenoxy) is 3. The maximum Gasteiger partial charge on any atom is 0.417 e. The Morgan fingerprint density at radius 1 is 0.547 bits per heavy atom. The number of nitrogens with one attached hydrogen (secondary N) is 1. The summed E-state index contributed by atoms with van der Waals surface area (Å²) in [6, 6.07) is 75.5. The largest absolute Gasteiger partial charge is 0.473 e. The summed E-state index contributed by atoms with van der Waals surface area (Å²) in [5, 5.41) is 30.8. The monoisotopic (exact) mass is 1630 g/mol. The molecule has 3 fully saturated rings. The Balaban J connectivity index is 0.000000185. The molecule has 3 aliphatic rings. The van der Waals surface area contributed by atoms with Gasteiger partial charge in [-0.1, -0.05) is 202 Å². The molecular weight excluding hydrogens is 1540 g/mol. The molecule has 14 rings (SSSR count). The molecule has 11 aromatic rings. The van der Waals surface area contributed by atoms with Gasteiger partial charge in [-0.15, -0.1) is 12.4 Å². The summed E-state index contributed by atoms with van der Waals surface area (Å²) in [6.45, 7) is 20.9. The van der Waals surface area contributed by atoms with Crippen LogP contribution in [0.15, 0.2) is 249 Å². The number of aromatic nitrogens is 3. The number of amides is 1. The molecule has 0 bridgehead atoms. The number of pyridine rings is 3. The molecule has 15 nitrogen and oxygen atoms in total. The van der Waals surface area contributed by atoms with Gasteiger partial charge in [0.25, 0.3) is 5.91 Å². The minimum atomic E-state index is -4.44. The van der Waals surface area contributed by atoms with Crippen molar-refractivity contribution in [2.24, 2.45) is 5.73 Å². The molecule has 1 unspecified atom stereocenters. The van der Waals surface area contributed by atoms with Gasteiger partial charge in [-0.2, -0.15) is 36.9 Å². The van der Waals surface area contributed by atoms with Crippen LogP contribution in [0.2, 0.25) is 18.1 Å². The molecule has 0 aliphatic carbocycles. The average molecular weight is 1630 g/mol. The van der Waals surface area contributed by atoms with E-state index in [4.69, 9.17) is 37.0 Å². The predicted octanol–water partition coefficient (Wildman–Crippen LogP) is 20.5. The highest BCUT2D eigenvalue weighted by Crippen LogP contribution is 2.36. The molecule has 3 saturated heterocycles. The molecule has 25 heteroatoms. The molecule has 117 heavy (non-hydrogen) atoms. The first-order valence-corrected chi connectivity index (χ1v) is 40.2. The maximum absolute atomic E-state index is 13.1. The van der Waals surface area contributed by atoms with Crippen molar-refractivity contribution in [2.45, 2.75) is 121 Å². The van der Waals surface area contributed by atoms with Crippen molar-refractivity contribution in [1.29, 1.82) is 10.5 Å². The molecule has 4 N–H and O–H groups in total. The van der Waals surface area contributed by atoms with Gasteiger partial charge in [0.2, 0.25) is 23.3 Å². The Kier molecular flexibility index (Phi) is 35.1. The lowest BCUT2D eigenvalue weighted by Crippen LogP contribution is -2.27. The number of alkyl halides is 6. The summed E-state index contributed by atoms with van der Waals surface area (Å²) in [5.74, 6) is -0.500. The van der Waals surface area contributed by atoms with E-state index in [1.54, 1.807) is 30.3 Å². The zero-order valence-electron chi connectivity index (χ0n) is 65.3. The number of halogens is 9. The van der Waals surface area contributed by atoms with E-state index in [0.717, 1.165) is 108 Å². The van der Waals surface area contributed by atoms with E-state index in [9.17, 15) is 45.0 Å². The summed E-state index contributed by atoms with van der Waals surface area (Å²) in [7, 11) is 0.137. The number of nitrogens with two attached hydrogens (primary N) is 1. The first kappa shape index (κ1) is 90.6. The first-order valence-electron chi connectivity index (χ1n) is 38.1. The highest BCUT2D eigenvalue weighted by Gasteiger charge is 2.34. The lowest BCUT2D eigenvalue weighted by atomic mass is 10.00. The van der Waals surface area contributed by atoms with Crippen LogP contribution >= 0.6 is 12.4 Å². The lowest BCUT2D eigenvalue weighted by Gasteiger charge is -2.22. The fraction of sp³-hybridized carbons (Fsp3) is 0.272. The molecule has 8 aromatic carbocycles. The van der Waals surface area contributed by atoms with E-state index in [2.05, 4.69) is 62.9 Å². The molecular formula is C92H92ClF8N10O5Si. The van der Waals surface area contributed by atoms with Gasteiger partial charge in [0.15, 0.2) is 0 Å². The molecule has 3 aromatic heterocycles. The summed E-state index contributed by atoms with van der Waals surface area (Å²) >= 11 is 0. The fourth-order valence-electron chi connectivity index (χ4n) is 12.9. The number of nitrogens with zero attached hydrogens (tertiary/aromatic N) is 8. The number of benzene rings is 8. The Hall–Kier alpha value is -12.0. The maximum atomic E-state index is 13.1. The van der Waals surface area contributed by atoms with Crippen LogP contribution in [-0.2, 0) is 31.6 Å². The average Bonchev–Trinajstić information content (AvgIpc) is 1.73. The zero-order valence-corrected chi connectivity index (χ0v) is 67.1. The van der Waals surface area contributed by atoms with E-state index in [-0.39, 0.29) is 56.3 Å². The third-order valence-electron chi connectivity index (χ3n) is 19.3. The number of carbonyl (C=O) groups excluding carboxylic acids is 1. The van der Waals surface area contributed by atoms with Crippen LogP contribution in [0.25, 0.3) is 4.85 Å². The number of primary amides is 1. The van der Waals surface area contributed by atoms with Crippen LogP contribution in [0.3, 0.4) is 0 Å². The van der Waals surface area contributed by atoms with Gasteiger partial charge in [-0.25, -0.2) is 28.6 Å². The first-order chi connectivity index (χ1) is 55.9. The molecule has 1 radical (unpaired) electrons. The lowest BCUT2D eigenvalue weighted by molar-refractivity contribution is -0.138. The summed E-state index contributed by atoms with van der Waals surface area (Å²) in [4.78, 5) is 31.7. The second kappa shape index (κ2) is 45.4. The molecule has 1 amide bonds. The van der Waals surface area contributed by atoms with Crippen molar-refractivity contribution in [2.75, 3.05) is 49.1 Å². The van der Waals surface area contributed by atoms with E-state index in [1.807, 2.05) is 170 Å². The smallest absolute Gasteiger partial charge is 0.417 e. The van der Waals surface area contributed by atoms with Crippen molar-refractivity contribution < 1.29 is 59.2 Å². The topological polar surface area (TPSA) is 200 Å². The van der Waals surface area contributed by atoms with Gasteiger partial charge in [-0.05, 0) is 138 Å². The highest BCUT2D eigenvalue weighted by molar-refractivity contribution is 6.58. The van der Waals surface area contributed by atoms with Crippen molar-refractivity contribution in [3.63, 3.8) is 0 Å². The minimum Gasteiger partial charge on any atom is -0.473 e. The Labute approximate surface area is 686 Å². The van der Waals surface area contributed by atoms with Crippen LogP contribution < -0.4 is 35.1 Å². The third-order valence-corrected chi connectivity index (χ3v) is 22.3. The summed E-state index contributed by atoms with van der Waals surface area (Å²) in [6.07, 6.45) is -1.89. The molecule has 0 spiro atoms. The van der Waals surface area contributed by atoms with Gasteiger partial charge in [-0.3, -0.25) is 4.79 Å². The second-order valence-electron chi connectivity index (χ2n) is 27.7. The van der Waals surface area contributed by atoms with Gasteiger partial charge in [0.1, 0.15) is 48.2 Å². The number of aryl methyl sites for hydroxylation is 1. The minimum absolute atomic E-state index is 0. The molecule has 0 saturated carbocycles. The SMILES string of the molecule is CC[Si](CC)CC.Cc1ccc(O[C@H]2CCNC2)nc1.Cl.N#Cc1cc(C(O)c2ccccc2)ccc1F.N#Cc1cc(Cc2ccccc2)ccc1F.NC(=O)c1cc(Cc2ccccc2)ccc1N1CC[C@H](Oc2ccc(C(F)(F)F)cn2)C1.[C-]#[N+]c1cc(Cc2ccccc2)ccc1N1CC[C@H](Oc2ccc(C(F)(F)F)cn2)C1. The molecule has 4 atom stereocenters. The number of hydrogen-bond donors (Lipinski definition) is 3. The van der Waals surface area contributed by atoms with Gasteiger partial charge in [0.05, 0.1) is 47.5 Å². The number of aliphatic hydroxyl groups excluding tert-OH is 1. The quantitative estimate of drug-likeness (QED) is 0.0370. The van der Waals surface area contributed by atoms with Crippen molar-refractivity contribution in [1.82, 2.24) is 20.3 Å². The van der Waals surface area contributed by atoms with Crippen LogP contribution in [0.1, 0.15) is 129 Å².